The number of aromatic nitrogens is 2. The van der Waals surface area contributed by atoms with E-state index in [1.54, 1.807) is 6.26 Å². The number of nitriles is 1. The smallest absolute Gasteiger partial charge is 0.237 e. The van der Waals surface area contributed by atoms with Gasteiger partial charge in [0.2, 0.25) is 5.88 Å². The van der Waals surface area contributed by atoms with E-state index in [0.29, 0.717) is 17.1 Å². The third kappa shape index (κ3) is 3.76. The number of ether oxygens (including phenoxy) is 1. The molecule has 0 fully saturated rings. The lowest BCUT2D eigenvalue weighted by atomic mass is 10.2. The minimum atomic E-state index is -2.03. The Kier molecular flexibility index (Phi) is 7.07. The van der Waals surface area contributed by atoms with Gasteiger partial charge < -0.3 is 9.15 Å². The first-order valence-electron chi connectivity index (χ1n) is 7.73. The molecule has 5 nitrogen and oxygen atoms in total. The molecule has 2 rings (SSSR count). The zero-order chi connectivity index (χ0) is 17.6. The molecule has 0 saturated carbocycles. The Balaban J connectivity index is 2.51. The molecular weight excluding hydrogens is 457 g/mol. The standard InChI is InChI=1S/C16H19ClIN3O2Si/c1-3-13-15(24(4-2,10-17)11-18)14(8-19)20-21-16(13)23-9-12-6-5-7-22-12/h5-7H,3-4,9-11H2,1-2H3. The molecule has 0 aliphatic heterocycles. The lowest BCUT2D eigenvalue weighted by Crippen LogP contribution is -2.55. The van der Waals surface area contributed by atoms with E-state index in [0.717, 1.165) is 33.0 Å². The molecule has 1 atom stereocenters. The van der Waals surface area contributed by atoms with Gasteiger partial charge in [0, 0.05) is 15.1 Å². The van der Waals surface area contributed by atoms with Gasteiger partial charge in [-0.25, -0.2) is 0 Å². The highest BCUT2D eigenvalue weighted by Crippen LogP contribution is 2.24. The van der Waals surface area contributed by atoms with Crippen molar-refractivity contribution < 1.29 is 9.15 Å². The maximum Gasteiger partial charge on any atom is 0.237 e. The predicted octanol–water partition coefficient (Wildman–Crippen LogP) is 3.51. The average Bonchev–Trinajstić information content (AvgIpc) is 3.15. The number of hydrogen-bond acceptors (Lipinski definition) is 5. The summed E-state index contributed by atoms with van der Waals surface area (Å²) < 4.78 is 12.1. The second kappa shape index (κ2) is 8.83. The van der Waals surface area contributed by atoms with E-state index in [4.69, 9.17) is 20.8 Å². The van der Waals surface area contributed by atoms with Crippen LogP contribution in [-0.2, 0) is 13.0 Å². The van der Waals surface area contributed by atoms with Crippen molar-refractivity contribution in [1.29, 1.82) is 5.26 Å². The number of hydrogen-bond donors (Lipinski definition) is 0. The fraction of sp³-hybridized carbons (Fsp3) is 0.438. The highest BCUT2D eigenvalue weighted by atomic mass is 127. The third-order valence-electron chi connectivity index (χ3n) is 4.15. The molecule has 8 heteroatoms. The molecule has 0 N–H and O–H groups in total. The second-order valence-corrected chi connectivity index (χ2v) is 12.8. The summed E-state index contributed by atoms with van der Waals surface area (Å²) in [5.41, 5.74) is 1.90. The van der Waals surface area contributed by atoms with Crippen LogP contribution in [0.4, 0.5) is 0 Å². The van der Waals surface area contributed by atoms with Gasteiger partial charge in [0.05, 0.1) is 6.26 Å². The fourth-order valence-electron chi connectivity index (χ4n) is 2.62. The van der Waals surface area contributed by atoms with E-state index < -0.39 is 8.07 Å². The maximum atomic E-state index is 9.53. The Morgan fingerprint density at radius 2 is 2.21 bits per heavy atom. The first kappa shape index (κ1) is 19.2. The van der Waals surface area contributed by atoms with Crippen molar-refractivity contribution in [2.45, 2.75) is 32.9 Å². The van der Waals surface area contributed by atoms with Crippen molar-refractivity contribution >= 4 is 47.5 Å². The minimum absolute atomic E-state index is 0.284. The van der Waals surface area contributed by atoms with Crippen LogP contribution < -0.4 is 9.92 Å². The summed E-state index contributed by atoms with van der Waals surface area (Å²) in [6.45, 7) is 4.46. The number of furan rings is 1. The quantitative estimate of drug-likeness (QED) is 0.332. The van der Waals surface area contributed by atoms with Crippen molar-refractivity contribution in [3.63, 3.8) is 0 Å². The van der Waals surface area contributed by atoms with Crippen LogP contribution in [-0.4, -0.2) is 27.8 Å². The van der Waals surface area contributed by atoms with E-state index in [1.807, 2.05) is 19.1 Å². The van der Waals surface area contributed by atoms with Gasteiger partial charge in [0.25, 0.3) is 0 Å². The molecule has 128 valence electrons. The van der Waals surface area contributed by atoms with Crippen LogP contribution in [0.15, 0.2) is 22.8 Å². The van der Waals surface area contributed by atoms with Gasteiger partial charge in [-0.1, -0.05) is 42.5 Å². The lowest BCUT2D eigenvalue weighted by Gasteiger charge is -2.29. The average molecular weight is 476 g/mol. The SMILES string of the molecule is CCc1c(OCc2ccco2)nnc(C#N)c1[Si](CC)(CCl)CI. The van der Waals surface area contributed by atoms with Crippen molar-refractivity contribution in [2.75, 3.05) is 9.55 Å². The Morgan fingerprint density at radius 1 is 1.42 bits per heavy atom. The Bertz CT molecular complexity index is 707. The summed E-state index contributed by atoms with van der Waals surface area (Å²) in [6, 6.07) is 6.81. The van der Waals surface area contributed by atoms with Crippen LogP contribution in [0.1, 0.15) is 30.9 Å². The van der Waals surface area contributed by atoms with Gasteiger partial charge in [0.15, 0.2) is 5.69 Å². The molecule has 0 aromatic carbocycles. The first-order valence-corrected chi connectivity index (χ1v) is 12.4. The van der Waals surface area contributed by atoms with E-state index in [2.05, 4.69) is 45.8 Å². The minimum Gasteiger partial charge on any atom is -0.468 e. The molecule has 1 unspecified atom stereocenters. The summed E-state index contributed by atoms with van der Waals surface area (Å²) >= 11 is 8.75. The zero-order valence-corrected chi connectivity index (χ0v) is 17.6. The lowest BCUT2D eigenvalue weighted by molar-refractivity contribution is 0.255. The van der Waals surface area contributed by atoms with E-state index in [1.165, 1.54) is 0 Å². The van der Waals surface area contributed by atoms with Crippen LogP contribution in [0.2, 0.25) is 6.04 Å². The Labute approximate surface area is 161 Å². The highest BCUT2D eigenvalue weighted by molar-refractivity contribution is 14.1. The molecule has 0 amide bonds. The Morgan fingerprint density at radius 3 is 2.71 bits per heavy atom. The van der Waals surface area contributed by atoms with Gasteiger partial charge in [-0.3, -0.25) is 0 Å². The first-order chi connectivity index (χ1) is 11.7. The summed E-state index contributed by atoms with van der Waals surface area (Å²) in [4.78, 5) is 0. The molecule has 0 spiro atoms. The number of alkyl halides is 2. The predicted molar refractivity (Wildman–Crippen MR) is 105 cm³/mol. The summed E-state index contributed by atoms with van der Waals surface area (Å²) in [7, 11) is -2.03. The van der Waals surface area contributed by atoms with Crippen LogP contribution in [0, 0.1) is 11.3 Å². The molecule has 0 radical (unpaired) electrons. The third-order valence-corrected chi connectivity index (χ3v) is 14.0. The molecule has 2 aromatic heterocycles. The van der Waals surface area contributed by atoms with Crippen LogP contribution >= 0.6 is 34.2 Å². The maximum absolute atomic E-state index is 9.53. The van der Waals surface area contributed by atoms with E-state index in [9.17, 15) is 5.26 Å². The molecule has 24 heavy (non-hydrogen) atoms. The van der Waals surface area contributed by atoms with Gasteiger partial charge in [0.1, 0.15) is 26.5 Å². The van der Waals surface area contributed by atoms with Gasteiger partial charge in [-0.05, 0) is 23.7 Å². The van der Waals surface area contributed by atoms with Crippen LogP contribution in [0.3, 0.4) is 0 Å². The molecule has 0 aliphatic rings. The van der Waals surface area contributed by atoms with E-state index >= 15 is 0 Å². The van der Waals surface area contributed by atoms with Gasteiger partial charge in [-0.2, -0.15) is 5.26 Å². The number of halogens is 2. The van der Waals surface area contributed by atoms with Crippen molar-refractivity contribution in [3.05, 3.63) is 35.4 Å². The van der Waals surface area contributed by atoms with Gasteiger partial charge in [-0.15, -0.1) is 21.8 Å². The van der Waals surface area contributed by atoms with Crippen LogP contribution in [0.25, 0.3) is 0 Å². The number of nitrogens with zero attached hydrogens (tertiary/aromatic N) is 3. The molecule has 0 aliphatic carbocycles. The number of rotatable bonds is 8. The largest absolute Gasteiger partial charge is 0.468 e. The molecule has 0 bridgehead atoms. The summed E-state index contributed by atoms with van der Waals surface area (Å²) in [6.07, 6.45) is 2.32. The zero-order valence-electron chi connectivity index (χ0n) is 13.7. The topological polar surface area (TPSA) is 71.9 Å². The summed E-state index contributed by atoms with van der Waals surface area (Å²) in [5, 5.41) is 18.8. The Hall–Kier alpha value is -1.11. The van der Waals surface area contributed by atoms with Crippen molar-refractivity contribution in [2.24, 2.45) is 0 Å². The molecule has 2 aromatic rings. The molecule has 2 heterocycles. The highest BCUT2D eigenvalue weighted by Gasteiger charge is 2.38. The monoisotopic (exact) mass is 475 g/mol. The fourth-order valence-corrected chi connectivity index (χ4v) is 11.0. The summed E-state index contributed by atoms with van der Waals surface area (Å²) in [5.74, 6) is 1.19. The second-order valence-electron chi connectivity index (χ2n) is 5.44. The van der Waals surface area contributed by atoms with Crippen LogP contribution in [0.5, 0.6) is 5.88 Å². The normalized spacial score (nSPS) is 13.3. The van der Waals surface area contributed by atoms with Crippen molar-refractivity contribution in [1.82, 2.24) is 10.2 Å². The van der Waals surface area contributed by atoms with Gasteiger partial charge >= 0.3 is 0 Å². The van der Waals surface area contributed by atoms with Crippen molar-refractivity contribution in [3.8, 4) is 11.9 Å². The molecule has 0 saturated heterocycles. The molecular formula is C16H19ClIN3O2Si. The van der Waals surface area contributed by atoms with E-state index in [-0.39, 0.29) is 6.61 Å².